The Kier molecular flexibility index (Phi) is 5.17. The minimum Gasteiger partial charge on any atom is -0.423 e. The summed E-state index contributed by atoms with van der Waals surface area (Å²) in [6.07, 6.45) is 1.04. The molecule has 0 radical (unpaired) electrons. The van der Waals surface area contributed by atoms with E-state index in [2.05, 4.69) is 26.0 Å². The van der Waals surface area contributed by atoms with E-state index in [4.69, 9.17) is 0 Å². The molecule has 0 aliphatic rings. The highest BCUT2D eigenvalue weighted by Crippen LogP contribution is 2.21. The van der Waals surface area contributed by atoms with Crippen molar-refractivity contribution in [2.45, 2.75) is 27.2 Å². The zero-order valence-electron chi connectivity index (χ0n) is 13.2. The molecule has 0 amide bonds. The number of carbonyl (C=O) groups excluding carboxylic acids is 1. The maximum Gasteiger partial charge on any atom is 0.489 e. The van der Waals surface area contributed by atoms with Crippen LogP contribution in [0.15, 0.2) is 42.5 Å². The highest BCUT2D eigenvalue weighted by molar-refractivity contribution is 6.60. The first-order valence-corrected chi connectivity index (χ1v) is 7.49. The minimum absolute atomic E-state index is 0.179. The summed E-state index contributed by atoms with van der Waals surface area (Å²) in [5.74, 6) is 0.432. The van der Waals surface area contributed by atoms with Crippen LogP contribution in [0.2, 0.25) is 0 Å². The predicted molar refractivity (Wildman–Crippen MR) is 90.3 cm³/mol. The Morgan fingerprint density at radius 1 is 1.05 bits per heavy atom. The Labute approximate surface area is 131 Å². The van der Waals surface area contributed by atoms with Gasteiger partial charge < -0.3 is 10.0 Å². The number of Topliss-reactive ketones (excluding diaryl/α,β-unsaturated/α-hetero) is 1. The molecule has 3 nitrogen and oxygen atoms in total. The molecule has 0 spiro atoms. The molecule has 2 aromatic carbocycles. The number of hydrogen-bond acceptors (Lipinski definition) is 3. The Morgan fingerprint density at radius 2 is 1.64 bits per heavy atom. The molecule has 0 aromatic heterocycles. The predicted octanol–water partition coefficient (Wildman–Crippen LogP) is 2.43. The van der Waals surface area contributed by atoms with Crippen molar-refractivity contribution in [3.05, 3.63) is 53.6 Å². The summed E-state index contributed by atoms with van der Waals surface area (Å²) in [7, 11) is -1.64. The lowest BCUT2D eigenvalue weighted by molar-refractivity contribution is 0.101. The molecule has 0 aliphatic heterocycles. The van der Waals surface area contributed by atoms with E-state index in [-0.39, 0.29) is 11.2 Å². The van der Waals surface area contributed by atoms with E-state index in [1.807, 2.05) is 12.1 Å². The lowest BCUT2D eigenvalue weighted by atomic mass is 9.75. The molecular formula is C18H21BO3. The van der Waals surface area contributed by atoms with Crippen LogP contribution in [0.4, 0.5) is 0 Å². The highest BCUT2D eigenvalue weighted by Gasteiger charge is 2.19. The molecule has 0 heterocycles. The summed E-state index contributed by atoms with van der Waals surface area (Å²) >= 11 is 0. The van der Waals surface area contributed by atoms with Gasteiger partial charge in [0.05, 0.1) is 0 Å². The van der Waals surface area contributed by atoms with Crippen LogP contribution in [-0.2, 0) is 6.42 Å². The van der Waals surface area contributed by atoms with Crippen LogP contribution in [0.3, 0.4) is 0 Å². The van der Waals surface area contributed by atoms with Crippen LogP contribution in [0.5, 0.6) is 0 Å². The van der Waals surface area contributed by atoms with Crippen molar-refractivity contribution in [1.29, 1.82) is 0 Å². The van der Waals surface area contributed by atoms with Crippen LogP contribution < -0.4 is 5.46 Å². The summed E-state index contributed by atoms with van der Waals surface area (Å²) in [5.41, 5.74) is 3.78. The Hall–Kier alpha value is -1.91. The van der Waals surface area contributed by atoms with E-state index in [0.717, 1.165) is 17.5 Å². The summed E-state index contributed by atoms with van der Waals surface area (Å²) < 4.78 is 0. The smallest absolute Gasteiger partial charge is 0.423 e. The van der Waals surface area contributed by atoms with Gasteiger partial charge in [-0.1, -0.05) is 50.2 Å². The molecule has 0 fully saturated rings. The molecule has 2 aromatic rings. The topological polar surface area (TPSA) is 57.5 Å². The molecule has 0 atom stereocenters. The Bertz CT molecular complexity index is 661. The quantitative estimate of drug-likeness (QED) is 0.658. The third kappa shape index (κ3) is 3.84. The van der Waals surface area contributed by atoms with E-state index in [1.54, 1.807) is 18.2 Å². The van der Waals surface area contributed by atoms with Gasteiger partial charge in [0.1, 0.15) is 0 Å². The van der Waals surface area contributed by atoms with E-state index in [9.17, 15) is 14.8 Å². The van der Waals surface area contributed by atoms with Crippen molar-refractivity contribution in [1.82, 2.24) is 0 Å². The zero-order chi connectivity index (χ0) is 16.3. The van der Waals surface area contributed by atoms with Crippen molar-refractivity contribution in [3.63, 3.8) is 0 Å². The number of carbonyl (C=O) groups is 1. The van der Waals surface area contributed by atoms with Crippen LogP contribution in [0, 0.1) is 5.92 Å². The lowest BCUT2D eigenvalue weighted by Gasteiger charge is -2.10. The standard InChI is InChI=1S/C18H21BO3/c1-12(2)10-14-4-6-15(7-5-14)16-8-9-18(19(21)22)17(11-16)13(3)20/h4-9,11-12,21-22H,10H2,1-3H3. The van der Waals surface area contributed by atoms with Gasteiger partial charge in [-0.25, -0.2) is 0 Å². The second-order valence-electron chi connectivity index (χ2n) is 6.03. The van der Waals surface area contributed by atoms with Gasteiger partial charge in [-0.3, -0.25) is 4.79 Å². The second-order valence-corrected chi connectivity index (χ2v) is 6.03. The van der Waals surface area contributed by atoms with Gasteiger partial charge in [-0.15, -0.1) is 0 Å². The van der Waals surface area contributed by atoms with Gasteiger partial charge in [-0.05, 0) is 47.5 Å². The van der Waals surface area contributed by atoms with Crippen LogP contribution in [0.25, 0.3) is 11.1 Å². The maximum atomic E-state index is 11.7. The molecule has 0 aliphatic carbocycles. The fourth-order valence-electron chi connectivity index (χ4n) is 2.57. The van der Waals surface area contributed by atoms with Gasteiger partial charge in [0.15, 0.2) is 5.78 Å². The van der Waals surface area contributed by atoms with E-state index in [0.29, 0.717) is 11.5 Å². The van der Waals surface area contributed by atoms with Gasteiger partial charge in [-0.2, -0.15) is 0 Å². The summed E-state index contributed by atoms with van der Waals surface area (Å²) in [5, 5.41) is 18.7. The van der Waals surface area contributed by atoms with Crippen molar-refractivity contribution in [2.24, 2.45) is 5.92 Å². The van der Waals surface area contributed by atoms with E-state index < -0.39 is 7.12 Å². The SMILES string of the molecule is CC(=O)c1cc(-c2ccc(CC(C)C)cc2)ccc1B(O)O. The summed E-state index contributed by atoms with van der Waals surface area (Å²) in [6.45, 7) is 5.80. The molecule has 0 saturated carbocycles. The number of ketones is 1. The first-order chi connectivity index (χ1) is 10.4. The van der Waals surface area contributed by atoms with Crippen molar-refractivity contribution >= 4 is 18.4 Å². The lowest BCUT2D eigenvalue weighted by Crippen LogP contribution is -2.34. The van der Waals surface area contributed by atoms with Crippen LogP contribution in [0.1, 0.15) is 36.7 Å². The average Bonchev–Trinajstić information content (AvgIpc) is 2.46. The molecule has 114 valence electrons. The van der Waals surface area contributed by atoms with Gasteiger partial charge in [0, 0.05) is 5.56 Å². The molecule has 0 saturated heterocycles. The fraction of sp³-hybridized carbons (Fsp3) is 0.278. The largest absolute Gasteiger partial charge is 0.489 e. The summed E-state index contributed by atoms with van der Waals surface area (Å²) in [4.78, 5) is 11.7. The van der Waals surface area contributed by atoms with E-state index >= 15 is 0 Å². The van der Waals surface area contributed by atoms with Crippen molar-refractivity contribution in [2.75, 3.05) is 0 Å². The first kappa shape index (κ1) is 16.5. The molecule has 4 heteroatoms. The van der Waals surface area contributed by atoms with Crippen molar-refractivity contribution in [3.8, 4) is 11.1 Å². The molecular weight excluding hydrogens is 275 g/mol. The summed E-state index contributed by atoms with van der Waals surface area (Å²) in [6, 6.07) is 13.4. The fourth-order valence-corrected chi connectivity index (χ4v) is 2.57. The van der Waals surface area contributed by atoms with Crippen LogP contribution >= 0.6 is 0 Å². The van der Waals surface area contributed by atoms with Gasteiger partial charge in [0.25, 0.3) is 0 Å². The third-order valence-electron chi connectivity index (χ3n) is 3.64. The zero-order valence-corrected chi connectivity index (χ0v) is 13.2. The minimum atomic E-state index is -1.64. The van der Waals surface area contributed by atoms with Crippen LogP contribution in [-0.4, -0.2) is 22.9 Å². The monoisotopic (exact) mass is 296 g/mol. The Morgan fingerprint density at radius 3 is 2.14 bits per heavy atom. The molecule has 22 heavy (non-hydrogen) atoms. The Balaban J connectivity index is 2.36. The molecule has 0 bridgehead atoms. The van der Waals surface area contributed by atoms with Crippen molar-refractivity contribution < 1.29 is 14.8 Å². The molecule has 0 unspecified atom stereocenters. The van der Waals surface area contributed by atoms with E-state index in [1.165, 1.54) is 12.5 Å². The second kappa shape index (κ2) is 6.90. The van der Waals surface area contributed by atoms with Gasteiger partial charge >= 0.3 is 7.12 Å². The maximum absolute atomic E-state index is 11.7. The number of rotatable bonds is 5. The third-order valence-corrected chi connectivity index (χ3v) is 3.64. The highest BCUT2D eigenvalue weighted by atomic mass is 16.4. The number of benzene rings is 2. The molecule has 2 N–H and O–H groups in total. The van der Waals surface area contributed by atoms with Gasteiger partial charge in [0.2, 0.25) is 0 Å². The number of hydrogen-bond donors (Lipinski definition) is 2. The first-order valence-electron chi connectivity index (χ1n) is 7.49. The molecule has 2 rings (SSSR count). The average molecular weight is 296 g/mol. The normalized spacial score (nSPS) is 10.8.